The van der Waals surface area contributed by atoms with Gasteiger partial charge >= 0.3 is 0 Å². The Morgan fingerprint density at radius 2 is 1.13 bits per heavy atom. The number of rotatable bonds is 4. The highest BCUT2D eigenvalue weighted by molar-refractivity contribution is 9.10. The Hall–Kier alpha value is -4.77. The maximum atomic E-state index is 13.9. The summed E-state index contributed by atoms with van der Waals surface area (Å²) in [5, 5.41) is 8.95. The van der Waals surface area contributed by atoms with Gasteiger partial charge in [0.2, 0.25) is 11.9 Å². The number of imidazole rings is 2. The van der Waals surface area contributed by atoms with Crippen LogP contribution in [0.15, 0.2) is 53.7 Å². The summed E-state index contributed by atoms with van der Waals surface area (Å²) < 4.78 is 84.9. The Bertz CT molecular complexity index is 2080. The molecule has 238 valence electrons. The number of aryl methyl sites for hydroxylation is 2. The van der Waals surface area contributed by atoms with Gasteiger partial charge in [0.1, 0.15) is 33.9 Å². The molecule has 4 heterocycles. The number of hydrogen-bond acceptors (Lipinski definition) is 5. The first-order chi connectivity index (χ1) is 21.9. The van der Waals surface area contributed by atoms with Gasteiger partial charge in [-0.25, -0.2) is 37.5 Å². The minimum atomic E-state index is -0.661. The topological polar surface area (TPSA) is 84.2 Å². The van der Waals surface area contributed by atoms with Crippen molar-refractivity contribution in [1.29, 1.82) is 5.26 Å². The van der Waals surface area contributed by atoms with E-state index in [0.29, 0.717) is 10.3 Å². The molecule has 14 heteroatoms. The number of nitrogens with zero attached hydrogens (tertiary/aromatic N) is 7. The molecule has 0 fully saturated rings. The molecule has 46 heavy (non-hydrogen) atoms. The Labute approximate surface area is 268 Å². The molecular formula is C32H26BrF6N7. The fraction of sp³-hybridized carbons (Fsp3) is 0.219. The summed E-state index contributed by atoms with van der Waals surface area (Å²) in [6.07, 6.45) is 5.83. The molecule has 7 nitrogen and oxygen atoms in total. The predicted octanol–water partition coefficient (Wildman–Crippen LogP) is 8.14. The van der Waals surface area contributed by atoms with Gasteiger partial charge in [-0.1, -0.05) is 20.3 Å². The summed E-state index contributed by atoms with van der Waals surface area (Å²) >= 11 is 3.17. The van der Waals surface area contributed by atoms with Gasteiger partial charge in [0.25, 0.3) is 0 Å². The van der Waals surface area contributed by atoms with E-state index in [1.54, 1.807) is 6.07 Å². The van der Waals surface area contributed by atoms with E-state index in [1.807, 2.05) is 0 Å². The molecule has 4 aromatic heterocycles. The van der Waals surface area contributed by atoms with Crippen molar-refractivity contribution in [3.05, 3.63) is 128 Å². The second-order valence-electron chi connectivity index (χ2n) is 10.2. The molecule has 0 saturated heterocycles. The highest BCUT2D eigenvalue weighted by Crippen LogP contribution is 2.22. The molecule has 0 aliphatic rings. The molecule has 2 aromatic carbocycles. The van der Waals surface area contributed by atoms with Crippen molar-refractivity contribution < 1.29 is 26.3 Å². The average Bonchev–Trinajstić information content (AvgIpc) is 3.57. The van der Waals surface area contributed by atoms with Gasteiger partial charge in [0.15, 0.2) is 17.0 Å². The molecule has 0 radical (unpaired) electrons. The van der Waals surface area contributed by atoms with Crippen molar-refractivity contribution in [2.45, 2.75) is 47.0 Å². The smallest absolute Gasteiger partial charge is 0.218 e. The third-order valence-corrected chi connectivity index (χ3v) is 6.87. The minimum Gasteiger partial charge on any atom is -0.272 e. The van der Waals surface area contributed by atoms with Gasteiger partial charge in [-0.3, -0.25) is 8.80 Å². The minimum absolute atomic E-state index is 0.0163. The summed E-state index contributed by atoms with van der Waals surface area (Å²) in [5.41, 5.74) is 1.60. The van der Waals surface area contributed by atoms with Crippen LogP contribution in [-0.2, 0) is 12.8 Å². The highest BCUT2D eigenvalue weighted by atomic mass is 79.9. The molecule has 0 amide bonds. The van der Waals surface area contributed by atoms with Crippen LogP contribution in [0.4, 0.5) is 26.3 Å². The summed E-state index contributed by atoms with van der Waals surface area (Å²) in [6.45, 7) is 7.20. The SMILES string of the molecule is CCC.Cc1cc(F)c(Cc2nc(Br)cn3c(F)cnc23)cc1F.Cc1cc(F)c(Cc2nc(C#N)cn3c(F)cnc23)cc1F. The standard InChI is InChI=1S/C15H9F3N4.C14H9BrF3N3.C3H8/c1-8-2-12(17)9(3-11(8)16)4-13-15-20-6-14(18)22(15)7-10(5-19)21-13;1-7-2-10(17)8(3-9(7)16)4-11-14-19-5-13(18)21(14)6-12(15)20-11;1-3-2/h2-3,6-7H,4H2,1H3;2-3,5-6H,4H2,1H3;3H2,1-2H3. The third kappa shape index (κ3) is 7.54. The predicted molar refractivity (Wildman–Crippen MR) is 162 cm³/mol. The lowest BCUT2D eigenvalue weighted by Gasteiger charge is -2.07. The maximum absolute atomic E-state index is 13.9. The zero-order valence-corrected chi connectivity index (χ0v) is 26.6. The lowest BCUT2D eigenvalue weighted by Crippen LogP contribution is -2.04. The molecule has 0 unspecified atom stereocenters. The molecule has 0 aliphatic carbocycles. The van der Waals surface area contributed by atoms with Crippen LogP contribution in [0.1, 0.15) is 59.6 Å². The third-order valence-electron chi connectivity index (χ3n) is 6.49. The van der Waals surface area contributed by atoms with E-state index in [0.717, 1.165) is 41.1 Å². The van der Waals surface area contributed by atoms with Crippen molar-refractivity contribution in [3.63, 3.8) is 0 Å². The van der Waals surface area contributed by atoms with Crippen LogP contribution < -0.4 is 0 Å². The molecule has 0 saturated carbocycles. The molecule has 0 atom stereocenters. The largest absolute Gasteiger partial charge is 0.272 e. The Morgan fingerprint density at radius 3 is 1.59 bits per heavy atom. The van der Waals surface area contributed by atoms with Crippen molar-refractivity contribution in [3.8, 4) is 6.07 Å². The molecule has 0 bridgehead atoms. The van der Waals surface area contributed by atoms with E-state index in [9.17, 15) is 26.3 Å². The number of aromatic nitrogens is 6. The molecule has 6 aromatic rings. The van der Waals surface area contributed by atoms with Crippen molar-refractivity contribution in [1.82, 2.24) is 28.7 Å². The lowest BCUT2D eigenvalue weighted by atomic mass is 10.1. The van der Waals surface area contributed by atoms with Gasteiger partial charge in [-0.2, -0.15) is 14.0 Å². The van der Waals surface area contributed by atoms with Crippen LogP contribution in [0.3, 0.4) is 0 Å². The van der Waals surface area contributed by atoms with Gasteiger partial charge < -0.3 is 0 Å². The van der Waals surface area contributed by atoms with Gasteiger partial charge in [-0.15, -0.1) is 0 Å². The number of fused-ring (bicyclic) bond motifs is 2. The van der Waals surface area contributed by atoms with Crippen LogP contribution in [0.5, 0.6) is 0 Å². The van der Waals surface area contributed by atoms with E-state index in [1.165, 1.54) is 37.1 Å². The Balaban J connectivity index is 0.000000193. The van der Waals surface area contributed by atoms with Crippen LogP contribution >= 0.6 is 15.9 Å². The van der Waals surface area contributed by atoms with Crippen LogP contribution in [0, 0.1) is 60.3 Å². The lowest BCUT2D eigenvalue weighted by molar-refractivity contribution is 0.570. The first-order valence-electron chi connectivity index (χ1n) is 13.9. The van der Waals surface area contributed by atoms with E-state index < -0.39 is 35.2 Å². The van der Waals surface area contributed by atoms with E-state index in [-0.39, 0.29) is 57.8 Å². The summed E-state index contributed by atoms with van der Waals surface area (Å²) in [5.74, 6) is -3.37. The van der Waals surface area contributed by atoms with Gasteiger partial charge in [-0.05, 0) is 76.3 Å². The molecule has 0 N–H and O–H groups in total. The van der Waals surface area contributed by atoms with Crippen LogP contribution in [0.25, 0.3) is 11.3 Å². The van der Waals surface area contributed by atoms with Crippen LogP contribution in [-0.4, -0.2) is 28.7 Å². The number of benzene rings is 2. The number of halogens is 7. The highest BCUT2D eigenvalue weighted by Gasteiger charge is 2.16. The Kier molecular flexibility index (Phi) is 10.8. The maximum Gasteiger partial charge on any atom is 0.218 e. The quantitative estimate of drug-likeness (QED) is 0.173. The monoisotopic (exact) mass is 701 g/mol. The van der Waals surface area contributed by atoms with Gasteiger partial charge in [0.05, 0.1) is 23.8 Å². The van der Waals surface area contributed by atoms with Crippen molar-refractivity contribution >= 4 is 27.2 Å². The zero-order chi connectivity index (χ0) is 33.7. The number of hydrogen-bond donors (Lipinski definition) is 0. The van der Waals surface area contributed by atoms with Gasteiger partial charge in [0, 0.05) is 25.2 Å². The van der Waals surface area contributed by atoms with Crippen LogP contribution in [0.2, 0.25) is 0 Å². The molecular weight excluding hydrogens is 676 g/mol. The summed E-state index contributed by atoms with van der Waals surface area (Å²) in [4.78, 5) is 16.0. The fourth-order valence-corrected chi connectivity index (χ4v) is 4.73. The fourth-order valence-electron chi connectivity index (χ4n) is 4.31. The van der Waals surface area contributed by atoms with Crippen molar-refractivity contribution in [2.24, 2.45) is 0 Å². The van der Waals surface area contributed by atoms with Crippen molar-refractivity contribution in [2.75, 3.05) is 0 Å². The summed E-state index contributed by atoms with van der Waals surface area (Å²) in [6, 6.07) is 6.22. The average molecular weight is 703 g/mol. The number of nitriles is 1. The molecule has 0 aliphatic heterocycles. The van der Waals surface area contributed by atoms with E-state index >= 15 is 0 Å². The first-order valence-corrected chi connectivity index (χ1v) is 14.7. The van der Waals surface area contributed by atoms with E-state index in [4.69, 9.17) is 5.26 Å². The molecule has 6 rings (SSSR count). The first kappa shape index (κ1) is 34.1. The second-order valence-corrected chi connectivity index (χ2v) is 11.0. The normalized spacial score (nSPS) is 10.7. The second kappa shape index (κ2) is 14.6. The van der Waals surface area contributed by atoms with E-state index in [2.05, 4.69) is 49.7 Å². The summed E-state index contributed by atoms with van der Waals surface area (Å²) in [7, 11) is 0. The Morgan fingerprint density at radius 1 is 0.696 bits per heavy atom. The zero-order valence-electron chi connectivity index (χ0n) is 25.0. The molecule has 0 spiro atoms.